The van der Waals surface area contributed by atoms with Crippen molar-refractivity contribution in [2.24, 2.45) is 5.92 Å². The van der Waals surface area contributed by atoms with E-state index in [9.17, 15) is 9.59 Å². The van der Waals surface area contributed by atoms with Crippen molar-refractivity contribution in [3.8, 4) is 0 Å². The van der Waals surface area contributed by atoms with Gasteiger partial charge in [0.2, 0.25) is 0 Å². The van der Waals surface area contributed by atoms with Crippen LogP contribution in [0.25, 0.3) is 0 Å². The van der Waals surface area contributed by atoms with Gasteiger partial charge < -0.3 is 10.1 Å². The van der Waals surface area contributed by atoms with Crippen molar-refractivity contribution in [3.05, 3.63) is 65.7 Å². The predicted molar refractivity (Wildman–Crippen MR) is 106 cm³/mol. The molecule has 2 fully saturated rings. The first-order valence-corrected chi connectivity index (χ1v) is 10.1. The highest BCUT2D eigenvalue weighted by molar-refractivity contribution is 6.09. The fourth-order valence-corrected chi connectivity index (χ4v) is 5.76. The lowest BCUT2D eigenvalue weighted by Gasteiger charge is -2.36. The third-order valence-electron chi connectivity index (χ3n) is 6.63. The molecule has 2 aromatic carbocycles. The van der Waals surface area contributed by atoms with Crippen molar-refractivity contribution in [2.45, 2.75) is 37.3 Å². The zero-order valence-electron chi connectivity index (χ0n) is 15.9. The van der Waals surface area contributed by atoms with Crippen LogP contribution in [0.15, 0.2) is 54.6 Å². The van der Waals surface area contributed by atoms with Crippen LogP contribution in [0.2, 0.25) is 0 Å². The molecular formula is C23H24N2O3. The first-order valence-electron chi connectivity index (χ1n) is 10.1. The fraction of sp³-hybridized carbons (Fsp3) is 0.391. The van der Waals surface area contributed by atoms with Crippen LogP contribution in [0.3, 0.4) is 0 Å². The largest absolute Gasteiger partial charge is 0.466 e. The molecule has 5 heteroatoms. The Morgan fingerprint density at radius 1 is 1.18 bits per heavy atom. The minimum atomic E-state index is -0.996. The van der Waals surface area contributed by atoms with Gasteiger partial charge in [-0.2, -0.15) is 0 Å². The lowest BCUT2D eigenvalue weighted by molar-refractivity contribution is -0.155. The summed E-state index contributed by atoms with van der Waals surface area (Å²) < 4.78 is 5.55. The molecule has 1 N–H and O–H groups in total. The van der Waals surface area contributed by atoms with Crippen LogP contribution in [-0.2, 0) is 19.9 Å². The molecule has 4 atom stereocenters. The van der Waals surface area contributed by atoms with Gasteiger partial charge in [0.25, 0.3) is 5.91 Å². The molecule has 2 aromatic rings. The number of nitrogens with zero attached hydrogens (tertiary/aromatic N) is 1. The van der Waals surface area contributed by atoms with E-state index in [4.69, 9.17) is 4.74 Å². The quantitative estimate of drug-likeness (QED) is 0.836. The number of rotatable bonds is 3. The van der Waals surface area contributed by atoms with Crippen molar-refractivity contribution in [2.75, 3.05) is 18.5 Å². The number of nitrogens with one attached hydrogen (secondary N) is 1. The molecule has 3 heterocycles. The van der Waals surface area contributed by atoms with Crippen LogP contribution >= 0.6 is 0 Å². The summed E-state index contributed by atoms with van der Waals surface area (Å²) in [6.45, 7) is 2.94. The number of carbonyl (C=O) groups is 2. The summed E-state index contributed by atoms with van der Waals surface area (Å²) in [6, 6.07) is 18.1. The first-order chi connectivity index (χ1) is 13.7. The Labute approximate surface area is 164 Å². The molecule has 144 valence electrons. The van der Waals surface area contributed by atoms with Gasteiger partial charge in [-0.25, -0.2) is 0 Å². The monoisotopic (exact) mass is 376 g/mol. The van der Waals surface area contributed by atoms with E-state index in [1.54, 1.807) is 0 Å². The molecule has 0 bridgehead atoms. The maximum Gasteiger partial charge on any atom is 0.312 e. The van der Waals surface area contributed by atoms with Gasteiger partial charge in [-0.3, -0.25) is 14.5 Å². The molecule has 0 radical (unpaired) electrons. The number of anilines is 1. The summed E-state index contributed by atoms with van der Waals surface area (Å²) in [4.78, 5) is 29.2. The topological polar surface area (TPSA) is 58.6 Å². The summed E-state index contributed by atoms with van der Waals surface area (Å²) in [7, 11) is 0. The van der Waals surface area contributed by atoms with Crippen LogP contribution in [0.1, 0.15) is 36.8 Å². The Morgan fingerprint density at radius 3 is 2.71 bits per heavy atom. The van der Waals surface area contributed by atoms with E-state index in [0.717, 1.165) is 36.2 Å². The molecule has 1 spiro atoms. The van der Waals surface area contributed by atoms with Crippen LogP contribution in [0.4, 0.5) is 5.69 Å². The summed E-state index contributed by atoms with van der Waals surface area (Å²) in [6.07, 6.45) is 2.01. The van der Waals surface area contributed by atoms with E-state index in [1.165, 1.54) is 0 Å². The number of carbonyl (C=O) groups excluding carboxylic acids is 2. The van der Waals surface area contributed by atoms with Crippen molar-refractivity contribution in [3.63, 3.8) is 0 Å². The molecule has 3 aliphatic heterocycles. The van der Waals surface area contributed by atoms with Gasteiger partial charge in [0.1, 0.15) is 5.54 Å². The highest BCUT2D eigenvalue weighted by Crippen LogP contribution is 2.60. The minimum Gasteiger partial charge on any atom is -0.466 e. The molecule has 0 aromatic heterocycles. The first kappa shape index (κ1) is 17.4. The van der Waals surface area contributed by atoms with Gasteiger partial charge in [-0.05, 0) is 37.9 Å². The number of esters is 1. The summed E-state index contributed by atoms with van der Waals surface area (Å²) in [5.74, 6) is -1.02. The highest BCUT2D eigenvalue weighted by atomic mass is 16.5. The van der Waals surface area contributed by atoms with E-state index >= 15 is 0 Å². The molecule has 5 nitrogen and oxygen atoms in total. The van der Waals surface area contributed by atoms with Gasteiger partial charge in [0, 0.05) is 23.2 Å². The number of ether oxygens (including phenoxy) is 1. The average molecular weight is 376 g/mol. The second-order valence-corrected chi connectivity index (χ2v) is 7.84. The molecule has 0 aliphatic carbocycles. The van der Waals surface area contributed by atoms with Gasteiger partial charge in [-0.1, -0.05) is 48.5 Å². The second kappa shape index (κ2) is 6.45. The number of benzene rings is 2. The average Bonchev–Trinajstić information content (AvgIpc) is 3.36. The minimum absolute atomic E-state index is 0.0698. The molecule has 5 rings (SSSR count). The zero-order chi connectivity index (χ0) is 19.3. The van der Waals surface area contributed by atoms with Crippen LogP contribution < -0.4 is 5.32 Å². The SMILES string of the molecule is CCOC(=O)[C@@H]1[C@H](c2ccccc2)[C@H]2CCCN2[C@@]12C(=O)Nc1ccccc12. The van der Waals surface area contributed by atoms with Crippen molar-refractivity contribution < 1.29 is 14.3 Å². The van der Waals surface area contributed by atoms with E-state index in [1.807, 2.05) is 49.4 Å². The lowest BCUT2D eigenvalue weighted by atomic mass is 9.72. The predicted octanol–water partition coefficient (Wildman–Crippen LogP) is 3.28. The Kier molecular flexibility index (Phi) is 4.02. The molecule has 2 saturated heterocycles. The molecular weight excluding hydrogens is 352 g/mol. The second-order valence-electron chi connectivity index (χ2n) is 7.84. The Hall–Kier alpha value is -2.66. The third-order valence-corrected chi connectivity index (χ3v) is 6.63. The maximum atomic E-state index is 13.5. The van der Waals surface area contributed by atoms with E-state index < -0.39 is 11.5 Å². The molecule has 1 amide bonds. The highest BCUT2D eigenvalue weighted by Gasteiger charge is 2.69. The number of para-hydroxylation sites is 1. The van der Waals surface area contributed by atoms with Crippen molar-refractivity contribution in [1.82, 2.24) is 4.90 Å². The maximum absolute atomic E-state index is 13.5. The van der Waals surface area contributed by atoms with Gasteiger partial charge in [0.15, 0.2) is 0 Å². The molecule has 0 saturated carbocycles. The Balaban J connectivity index is 1.76. The van der Waals surface area contributed by atoms with Crippen molar-refractivity contribution >= 4 is 17.6 Å². The zero-order valence-corrected chi connectivity index (χ0v) is 15.9. The number of amides is 1. The Morgan fingerprint density at radius 2 is 1.93 bits per heavy atom. The van der Waals surface area contributed by atoms with Gasteiger partial charge >= 0.3 is 5.97 Å². The number of fused-ring (bicyclic) bond motifs is 4. The smallest absolute Gasteiger partial charge is 0.312 e. The summed E-state index contributed by atoms with van der Waals surface area (Å²) >= 11 is 0. The van der Waals surface area contributed by atoms with Crippen LogP contribution in [0.5, 0.6) is 0 Å². The van der Waals surface area contributed by atoms with E-state index in [2.05, 4.69) is 22.3 Å². The normalized spacial score (nSPS) is 30.9. The molecule has 3 aliphatic rings. The third kappa shape index (κ3) is 2.17. The van der Waals surface area contributed by atoms with Gasteiger partial charge in [0.05, 0.1) is 12.5 Å². The fourth-order valence-electron chi connectivity index (χ4n) is 5.76. The van der Waals surface area contributed by atoms with Crippen molar-refractivity contribution in [1.29, 1.82) is 0 Å². The molecule has 28 heavy (non-hydrogen) atoms. The standard InChI is InChI=1S/C23H24N2O3/c1-2-28-21(26)20-19(15-9-4-3-5-10-15)18-13-8-14-25(18)23(20)16-11-6-7-12-17(16)24-22(23)27/h3-7,9-12,18-20H,2,8,13-14H2,1H3,(H,24,27)/t18-,19-,20+,23-/m1/s1. The van der Waals surface area contributed by atoms with Crippen LogP contribution in [-0.4, -0.2) is 36.0 Å². The summed E-state index contributed by atoms with van der Waals surface area (Å²) in [5.41, 5.74) is 1.82. The van der Waals surface area contributed by atoms with E-state index in [-0.39, 0.29) is 23.8 Å². The molecule has 0 unspecified atom stereocenters. The number of hydrogen-bond acceptors (Lipinski definition) is 4. The Bertz CT molecular complexity index is 928. The lowest BCUT2D eigenvalue weighted by Crippen LogP contribution is -2.53. The van der Waals surface area contributed by atoms with E-state index in [0.29, 0.717) is 6.61 Å². The summed E-state index contributed by atoms with van der Waals surface area (Å²) in [5, 5.41) is 3.05. The van der Waals surface area contributed by atoms with Crippen LogP contribution in [0, 0.1) is 5.92 Å². The number of hydrogen-bond donors (Lipinski definition) is 1. The van der Waals surface area contributed by atoms with Gasteiger partial charge in [-0.15, -0.1) is 0 Å².